The van der Waals surface area contributed by atoms with Crippen molar-refractivity contribution in [2.45, 2.75) is 26.9 Å². The van der Waals surface area contributed by atoms with Crippen LogP contribution in [0.15, 0.2) is 43.6 Å². The number of ether oxygens (including phenoxy) is 1. The Hall–Kier alpha value is -2.41. The molecule has 0 radical (unpaired) electrons. The average Bonchev–Trinajstić information content (AvgIpc) is 3.13. The molecule has 2 aromatic heterocycles. The van der Waals surface area contributed by atoms with E-state index in [-0.39, 0.29) is 24.9 Å². The van der Waals surface area contributed by atoms with E-state index in [4.69, 9.17) is 13.6 Å². The first-order valence-electron chi connectivity index (χ1n) is 7.31. The van der Waals surface area contributed by atoms with Gasteiger partial charge in [-0.05, 0) is 37.6 Å². The third-order valence-corrected chi connectivity index (χ3v) is 3.89. The molecule has 3 rings (SSSR count). The van der Waals surface area contributed by atoms with Crippen molar-refractivity contribution in [3.8, 4) is 11.5 Å². The highest BCUT2D eigenvalue weighted by molar-refractivity contribution is 9.10. The Morgan fingerprint density at radius 3 is 2.58 bits per heavy atom. The van der Waals surface area contributed by atoms with Crippen molar-refractivity contribution >= 4 is 21.9 Å². The zero-order chi connectivity index (χ0) is 17.1. The Kier molecular flexibility index (Phi) is 4.80. The quantitative estimate of drug-likeness (QED) is 0.612. The van der Waals surface area contributed by atoms with Gasteiger partial charge in [0.05, 0.1) is 12.0 Å². The van der Waals surface area contributed by atoms with E-state index in [1.165, 1.54) is 0 Å². The van der Waals surface area contributed by atoms with Gasteiger partial charge in [-0.3, -0.25) is 4.79 Å². The lowest BCUT2D eigenvalue weighted by atomic mass is 10.2. The molecular formula is C17H15BrN2O4. The fraction of sp³-hybridized carbons (Fsp3) is 0.235. The van der Waals surface area contributed by atoms with Crippen LogP contribution < -0.4 is 0 Å². The van der Waals surface area contributed by atoms with Crippen molar-refractivity contribution in [1.82, 2.24) is 10.2 Å². The van der Waals surface area contributed by atoms with Crippen molar-refractivity contribution in [3.05, 3.63) is 57.8 Å². The van der Waals surface area contributed by atoms with E-state index < -0.39 is 0 Å². The summed E-state index contributed by atoms with van der Waals surface area (Å²) < 4.78 is 17.1. The molecule has 124 valence electrons. The van der Waals surface area contributed by atoms with Gasteiger partial charge in [0.2, 0.25) is 0 Å². The fourth-order valence-electron chi connectivity index (χ4n) is 2.23. The summed E-state index contributed by atoms with van der Waals surface area (Å²) in [7, 11) is 0. The minimum Gasteiger partial charge on any atom is -0.466 e. The Balaban J connectivity index is 1.58. The molecule has 0 N–H and O–H groups in total. The van der Waals surface area contributed by atoms with E-state index in [1.807, 2.05) is 44.2 Å². The number of furan rings is 1. The van der Waals surface area contributed by atoms with Gasteiger partial charge in [0.1, 0.15) is 11.5 Å². The number of nitrogens with zero attached hydrogens (tertiary/aromatic N) is 2. The molecule has 0 aliphatic rings. The molecule has 0 unspecified atom stereocenters. The third kappa shape index (κ3) is 3.91. The summed E-state index contributed by atoms with van der Waals surface area (Å²) in [5.41, 5.74) is 1.62. The number of benzene rings is 1. The number of aromatic nitrogens is 2. The van der Waals surface area contributed by atoms with Gasteiger partial charge in [-0.2, -0.15) is 0 Å². The minimum absolute atomic E-state index is 0.0573. The zero-order valence-corrected chi connectivity index (χ0v) is 14.8. The van der Waals surface area contributed by atoms with Crippen molar-refractivity contribution < 1.29 is 18.4 Å². The van der Waals surface area contributed by atoms with Crippen LogP contribution in [0.2, 0.25) is 0 Å². The Morgan fingerprint density at radius 2 is 1.92 bits per heavy atom. The Morgan fingerprint density at radius 1 is 1.17 bits per heavy atom. The second kappa shape index (κ2) is 7.00. The maximum Gasteiger partial charge on any atom is 0.310 e. The van der Waals surface area contributed by atoms with Gasteiger partial charge in [0.25, 0.3) is 11.8 Å². The molecule has 1 aromatic carbocycles. The number of carbonyl (C=O) groups is 1. The molecule has 0 spiro atoms. The molecule has 0 saturated heterocycles. The highest BCUT2D eigenvalue weighted by Crippen LogP contribution is 2.25. The van der Waals surface area contributed by atoms with Crippen LogP contribution in [-0.4, -0.2) is 16.2 Å². The van der Waals surface area contributed by atoms with Crippen molar-refractivity contribution in [2.24, 2.45) is 0 Å². The predicted molar refractivity (Wildman–Crippen MR) is 89.1 cm³/mol. The van der Waals surface area contributed by atoms with Gasteiger partial charge in [0.15, 0.2) is 6.61 Å². The van der Waals surface area contributed by atoms with Crippen LogP contribution in [-0.2, 0) is 22.6 Å². The standard InChI is InChI=1S/C17H15BrN2O4/c1-10-7-14(11(2)23-10)17-20-19-15(24-17)9-22-16(21)8-12-3-5-13(18)6-4-12/h3-7H,8-9H2,1-2H3. The summed E-state index contributed by atoms with van der Waals surface area (Å²) in [6.45, 7) is 3.61. The van der Waals surface area contributed by atoms with Crippen LogP contribution in [0.1, 0.15) is 23.0 Å². The lowest BCUT2D eigenvalue weighted by Gasteiger charge is -2.02. The number of hydrogen-bond donors (Lipinski definition) is 0. The molecule has 24 heavy (non-hydrogen) atoms. The number of esters is 1. The largest absolute Gasteiger partial charge is 0.466 e. The summed E-state index contributed by atoms with van der Waals surface area (Å²) in [5.74, 6) is 1.71. The number of aryl methyl sites for hydroxylation is 2. The van der Waals surface area contributed by atoms with Crippen LogP contribution in [0, 0.1) is 13.8 Å². The number of carbonyl (C=O) groups excluding carboxylic acids is 1. The van der Waals surface area contributed by atoms with Gasteiger partial charge in [-0.1, -0.05) is 28.1 Å². The molecule has 0 bridgehead atoms. The zero-order valence-electron chi connectivity index (χ0n) is 13.2. The van der Waals surface area contributed by atoms with Crippen LogP contribution in [0.3, 0.4) is 0 Å². The van der Waals surface area contributed by atoms with Gasteiger partial charge in [0, 0.05) is 4.47 Å². The van der Waals surface area contributed by atoms with Crippen LogP contribution in [0.5, 0.6) is 0 Å². The molecule has 0 atom stereocenters. The van der Waals surface area contributed by atoms with Crippen molar-refractivity contribution in [3.63, 3.8) is 0 Å². The van der Waals surface area contributed by atoms with E-state index in [0.717, 1.165) is 21.4 Å². The maximum absolute atomic E-state index is 11.9. The molecule has 0 aliphatic carbocycles. The number of halogens is 1. The summed E-state index contributed by atoms with van der Waals surface area (Å²) in [6, 6.07) is 9.30. The molecule has 3 aromatic rings. The molecule has 2 heterocycles. The van der Waals surface area contributed by atoms with Gasteiger partial charge >= 0.3 is 5.97 Å². The maximum atomic E-state index is 11.9. The number of hydrogen-bond acceptors (Lipinski definition) is 6. The smallest absolute Gasteiger partial charge is 0.310 e. The minimum atomic E-state index is -0.354. The lowest BCUT2D eigenvalue weighted by Crippen LogP contribution is -2.08. The predicted octanol–water partition coefficient (Wildman–Crippen LogP) is 3.99. The molecule has 0 fully saturated rings. The monoisotopic (exact) mass is 390 g/mol. The molecule has 0 amide bonds. The van der Waals surface area contributed by atoms with E-state index >= 15 is 0 Å². The summed E-state index contributed by atoms with van der Waals surface area (Å²) in [5, 5.41) is 7.85. The normalized spacial score (nSPS) is 10.8. The second-order valence-electron chi connectivity index (χ2n) is 5.29. The van der Waals surface area contributed by atoms with E-state index in [1.54, 1.807) is 0 Å². The van der Waals surface area contributed by atoms with Crippen molar-refractivity contribution in [1.29, 1.82) is 0 Å². The molecule has 7 heteroatoms. The second-order valence-corrected chi connectivity index (χ2v) is 6.21. The van der Waals surface area contributed by atoms with Crippen LogP contribution in [0.4, 0.5) is 0 Å². The number of rotatable bonds is 5. The molecule has 6 nitrogen and oxygen atoms in total. The van der Waals surface area contributed by atoms with Crippen LogP contribution in [0.25, 0.3) is 11.5 Å². The topological polar surface area (TPSA) is 78.4 Å². The van der Waals surface area contributed by atoms with Crippen molar-refractivity contribution in [2.75, 3.05) is 0 Å². The lowest BCUT2D eigenvalue weighted by molar-refractivity contribution is -0.144. The Labute approximate surface area is 147 Å². The van der Waals surface area contributed by atoms with Crippen LogP contribution >= 0.6 is 15.9 Å². The van der Waals surface area contributed by atoms with E-state index in [2.05, 4.69) is 26.1 Å². The average molecular weight is 391 g/mol. The summed E-state index contributed by atoms with van der Waals surface area (Å²) in [4.78, 5) is 11.9. The fourth-order valence-corrected chi connectivity index (χ4v) is 2.49. The first kappa shape index (κ1) is 16.4. The third-order valence-electron chi connectivity index (χ3n) is 3.36. The molecule has 0 saturated carbocycles. The van der Waals surface area contributed by atoms with Gasteiger partial charge < -0.3 is 13.6 Å². The highest BCUT2D eigenvalue weighted by atomic mass is 79.9. The van der Waals surface area contributed by atoms with E-state index in [0.29, 0.717) is 11.7 Å². The highest BCUT2D eigenvalue weighted by Gasteiger charge is 2.15. The van der Waals surface area contributed by atoms with Gasteiger partial charge in [-0.15, -0.1) is 10.2 Å². The first-order valence-corrected chi connectivity index (χ1v) is 8.10. The molecule has 0 aliphatic heterocycles. The Bertz CT molecular complexity index is 852. The SMILES string of the molecule is Cc1cc(-c2nnc(COC(=O)Cc3ccc(Br)cc3)o2)c(C)o1. The summed E-state index contributed by atoms with van der Waals surface area (Å²) in [6.07, 6.45) is 0.189. The van der Waals surface area contributed by atoms with E-state index in [9.17, 15) is 4.79 Å². The first-order chi connectivity index (χ1) is 11.5. The summed E-state index contributed by atoms with van der Waals surface area (Å²) >= 11 is 3.35. The van der Waals surface area contributed by atoms with Gasteiger partial charge in [-0.25, -0.2) is 0 Å². The molecular weight excluding hydrogens is 376 g/mol.